The van der Waals surface area contributed by atoms with Crippen molar-refractivity contribution in [1.82, 2.24) is 4.90 Å². The van der Waals surface area contributed by atoms with E-state index in [4.69, 9.17) is 9.47 Å². The molecule has 0 N–H and O–H groups in total. The van der Waals surface area contributed by atoms with Crippen molar-refractivity contribution in [3.8, 4) is 11.5 Å². The molecule has 1 aromatic rings. The molecule has 0 heterocycles. The number of benzene rings is 1. The molecule has 0 aromatic heterocycles. The van der Waals surface area contributed by atoms with Gasteiger partial charge in [-0.25, -0.2) is 0 Å². The molecule has 0 aliphatic heterocycles. The monoisotopic (exact) mass is 269 g/mol. The fraction of sp³-hybridized carbons (Fsp3) is 0.571. The maximum Gasteiger partial charge on any atom is 0.132 e. The summed E-state index contributed by atoms with van der Waals surface area (Å²) < 4.78 is 10.9. The van der Waals surface area contributed by atoms with Crippen LogP contribution in [0.1, 0.15) is 19.4 Å². The van der Waals surface area contributed by atoms with Crippen LogP contribution in [-0.2, 0) is 6.54 Å². The first-order valence-corrected chi connectivity index (χ1v) is 7.25. The average Bonchev–Trinajstić information content (AvgIpc) is 2.37. The second-order valence-electron chi connectivity index (χ2n) is 4.53. The maximum absolute atomic E-state index is 5.47. The fourth-order valence-electron chi connectivity index (χ4n) is 1.67. The molecule has 0 fully saturated rings. The van der Waals surface area contributed by atoms with E-state index in [0.717, 1.165) is 28.5 Å². The standard InChI is InChI=1S/C14H23NO2S/c1-10(2)15(3)9-11-7-13(17-5)14(18-6)8-12(11)16-4/h7-8,10H,9H2,1-6H3. The quantitative estimate of drug-likeness (QED) is 0.739. The van der Waals surface area contributed by atoms with Crippen LogP contribution in [0.2, 0.25) is 0 Å². The van der Waals surface area contributed by atoms with Crippen LogP contribution < -0.4 is 9.47 Å². The highest BCUT2D eigenvalue weighted by molar-refractivity contribution is 7.98. The first-order chi connectivity index (χ1) is 8.53. The predicted octanol–water partition coefficient (Wildman–Crippen LogP) is 3.27. The fourth-order valence-corrected chi connectivity index (χ4v) is 2.24. The Balaban J connectivity index is 3.09. The molecule has 0 aliphatic carbocycles. The normalized spacial score (nSPS) is 11.1. The van der Waals surface area contributed by atoms with Gasteiger partial charge in [0.15, 0.2) is 0 Å². The van der Waals surface area contributed by atoms with Gasteiger partial charge in [-0.3, -0.25) is 4.90 Å². The molecule has 0 atom stereocenters. The molecular formula is C14H23NO2S. The number of methoxy groups -OCH3 is 2. The van der Waals surface area contributed by atoms with Gasteiger partial charge < -0.3 is 9.47 Å². The Hall–Kier alpha value is -0.870. The van der Waals surface area contributed by atoms with Crippen LogP contribution in [-0.4, -0.2) is 38.5 Å². The van der Waals surface area contributed by atoms with Crippen LogP contribution in [0.3, 0.4) is 0 Å². The molecule has 18 heavy (non-hydrogen) atoms. The van der Waals surface area contributed by atoms with Crippen LogP contribution >= 0.6 is 11.8 Å². The van der Waals surface area contributed by atoms with Gasteiger partial charge in [0.1, 0.15) is 11.5 Å². The Kier molecular flexibility index (Phi) is 5.82. The minimum atomic E-state index is 0.501. The second kappa shape index (κ2) is 6.90. The highest BCUT2D eigenvalue weighted by Crippen LogP contribution is 2.35. The predicted molar refractivity (Wildman–Crippen MR) is 77.9 cm³/mol. The Labute approximate surface area is 114 Å². The number of thioether (sulfide) groups is 1. The molecular weight excluding hydrogens is 246 g/mol. The molecule has 1 rings (SSSR count). The molecule has 3 nitrogen and oxygen atoms in total. The number of hydrogen-bond donors (Lipinski definition) is 0. The van der Waals surface area contributed by atoms with E-state index < -0.39 is 0 Å². The van der Waals surface area contributed by atoms with Crippen LogP contribution in [0.4, 0.5) is 0 Å². The lowest BCUT2D eigenvalue weighted by Crippen LogP contribution is -2.25. The van der Waals surface area contributed by atoms with E-state index in [-0.39, 0.29) is 0 Å². The van der Waals surface area contributed by atoms with Gasteiger partial charge in [0.05, 0.1) is 19.1 Å². The summed E-state index contributed by atoms with van der Waals surface area (Å²) in [4.78, 5) is 3.38. The Morgan fingerprint density at radius 3 is 2.22 bits per heavy atom. The third-order valence-corrected chi connectivity index (χ3v) is 3.85. The summed E-state index contributed by atoms with van der Waals surface area (Å²) in [6, 6.07) is 4.62. The zero-order chi connectivity index (χ0) is 13.7. The first kappa shape index (κ1) is 15.2. The first-order valence-electron chi connectivity index (χ1n) is 6.02. The van der Waals surface area contributed by atoms with Crippen molar-refractivity contribution in [1.29, 1.82) is 0 Å². The van der Waals surface area contributed by atoms with Crippen molar-refractivity contribution >= 4 is 11.8 Å². The lowest BCUT2D eigenvalue weighted by molar-refractivity contribution is 0.260. The topological polar surface area (TPSA) is 21.7 Å². The summed E-state index contributed by atoms with van der Waals surface area (Å²) in [6.45, 7) is 5.21. The summed E-state index contributed by atoms with van der Waals surface area (Å²) in [5, 5.41) is 0. The van der Waals surface area contributed by atoms with Crippen LogP contribution in [0.25, 0.3) is 0 Å². The van der Waals surface area contributed by atoms with E-state index in [0.29, 0.717) is 6.04 Å². The van der Waals surface area contributed by atoms with Gasteiger partial charge in [0, 0.05) is 18.2 Å². The van der Waals surface area contributed by atoms with Crippen LogP contribution in [0.15, 0.2) is 17.0 Å². The minimum absolute atomic E-state index is 0.501. The number of ether oxygens (including phenoxy) is 2. The van der Waals surface area contributed by atoms with Crippen LogP contribution in [0, 0.1) is 0 Å². The molecule has 0 aliphatic rings. The average molecular weight is 269 g/mol. The van der Waals surface area contributed by atoms with Crippen molar-refractivity contribution < 1.29 is 9.47 Å². The number of hydrogen-bond acceptors (Lipinski definition) is 4. The molecule has 102 valence electrons. The van der Waals surface area contributed by atoms with Gasteiger partial charge in [-0.05, 0) is 39.3 Å². The van der Waals surface area contributed by atoms with Crippen molar-refractivity contribution in [2.45, 2.75) is 31.3 Å². The summed E-state index contributed by atoms with van der Waals surface area (Å²) in [5.41, 5.74) is 1.16. The zero-order valence-electron chi connectivity index (χ0n) is 12.1. The zero-order valence-corrected chi connectivity index (χ0v) is 12.9. The number of nitrogens with zero attached hydrogens (tertiary/aromatic N) is 1. The van der Waals surface area contributed by atoms with Gasteiger partial charge in [0.2, 0.25) is 0 Å². The van der Waals surface area contributed by atoms with E-state index in [2.05, 4.69) is 31.9 Å². The van der Waals surface area contributed by atoms with Crippen molar-refractivity contribution in [2.24, 2.45) is 0 Å². The molecule has 0 bridgehead atoms. The second-order valence-corrected chi connectivity index (χ2v) is 5.38. The molecule has 4 heteroatoms. The van der Waals surface area contributed by atoms with Crippen molar-refractivity contribution in [3.63, 3.8) is 0 Å². The van der Waals surface area contributed by atoms with Crippen molar-refractivity contribution in [3.05, 3.63) is 17.7 Å². The van der Waals surface area contributed by atoms with Gasteiger partial charge in [0.25, 0.3) is 0 Å². The molecule has 0 saturated carbocycles. The minimum Gasteiger partial charge on any atom is -0.496 e. The molecule has 0 amide bonds. The highest BCUT2D eigenvalue weighted by Gasteiger charge is 2.13. The third-order valence-electron chi connectivity index (χ3n) is 3.09. The van der Waals surface area contributed by atoms with Gasteiger partial charge in [-0.1, -0.05) is 0 Å². The highest BCUT2D eigenvalue weighted by atomic mass is 32.2. The third kappa shape index (κ3) is 3.56. The smallest absolute Gasteiger partial charge is 0.132 e. The van der Waals surface area contributed by atoms with E-state index in [1.807, 2.05) is 12.3 Å². The summed E-state index contributed by atoms with van der Waals surface area (Å²) in [6.07, 6.45) is 2.04. The van der Waals surface area contributed by atoms with E-state index in [9.17, 15) is 0 Å². The molecule has 1 aromatic carbocycles. The van der Waals surface area contributed by atoms with Crippen LogP contribution in [0.5, 0.6) is 11.5 Å². The van der Waals surface area contributed by atoms with Gasteiger partial charge in [-0.15, -0.1) is 11.8 Å². The van der Waals surface area contributed by atoms with Gasteiger partial charge >= 0.3 is 0 Å². The molecule has 0 unspecified atom stereocenters. The molecule has 0 radical (unpaired) electrons. The largest absolute Gasteiger partial charge is 0.496 e. The molecule has 0 spiro atoms. The van der Waals surface area contributed by atoms with Gasteiger partial charge in [-0.2, -0.15) is 0 Å². The molecule has 0 saturated heterocycles. The summed E-state index contributed by atoms with van der Waals surface area (Å²) >= 11 is 1.66. The Morgan fingerprint density at radius 1 is 1.17 bits per heavy atom. The summed E-state index contributed by atoms with van der Waals surface area (Å²) in [7, 11) is 5.53. The Bertz CT molecular complexity index is 394. The van der Waals surface area contributed by atoms with E-state index in [1.165, 1.54) is 0 Å². The lowest BCUT2D eigenvalue weighted by Gasteiger charge is -2.23. The summed E-state index contributed by atoms with van der Waals surface area (Å²) in [5.74, 6) is 1.84. The van der Waals surface area contributed by atoms with Crippen molar-refractivity contribution in [2.75, 3.05) is 27.5 Å². The van der Waals surface area contributed by atoms with E-state index >= 15 is 0 Å². The maximum atomic E-state index is 5.47. The Morgan fingerprint density at radius 2 is 1.78 bits per heavy atom. The lowest BCUT2D eigenvalue weighted by atomic mass is 10.1. The SMILES string of the molecule is COc1cc(SC)c(OC)cc1CN(C)C(C)C. The number of rotatable bonds is 6. The van der Waals surface area contributed by atoms with E-state index in [1.54, 1.807) is 26.0 Å².